The molecule has 184 valence electrons. The number of esters is 1. The van der Waals surface area contributed by atoms with Crippen molar-refractivity contribution in [2.45, 2.75) is 60.3 Å². The van der Waals surface area contributed by atoms with Crippen molar-refractivity contribution in [1.82, 2.24) is 0 Å². The summed E-state index contributed by atoms with van der Waals surface area (Å²) in [6.07, 6.45) is 5.01. The monoisotopic (exact) mass is 506 g/mol. The van der Waals surface area contributed by atoms with Gasteiger partial charge < -0.3 is 9.47 Å². The zero-order valence-corrected chi connectivity index (χ0v) is 23.0. The molecule has 0 unspecified atom stereocenters. The summed E-state index contributed by atoms with van der Waals surface area (Å²) < 4.78 is 13.9. The number of benzene rings is 1. The minimum atomic E-state index is -0.359. The van der Waals surface area contributed by atoms with E-state index in [1.165, 1.54) is 26.4 Å². The molecule has 0 aliphatic carbocycles. The standard InChI is InChI=1S/C30H34O3S2/c1-7-27(31)32-16-10-8-9-11-17-33-28-26-19-24(15-13-21(4)5)34-29(26)22(6)25-18-23(35-30(25)28)14-12-20(2)3/h7,18-21H,1,8-11,16-17H2,2-6H3. The Morgan fingerprint density at radius 3 is 2.09 bits per heavy atom. The van der Waals surface area contributed by atoms with E-state index in [1.807, 2.05) is 0 Å². The minimum absolute atomic E-state index is 0.336. The van der Waals surface area contributed by atoms with Gasteiger partial charge in [0.15, 0.2) is 0 Å². The molecule has 0 spiro atoms. The van der Waals surface area contributed by atoms with Crippen molar-refractivity contribution in [3.63, 3.8) is 0 Å². The van der Waals surface area contributed by atoms with Gasteiger partial charge in [0.1, 0.15) is 5.75 Å². The van der Waals surface area contributed by atoms with Crippen molar-refractivity contribution in [2.75, 3.05) is 13.2 Å². The Bertz CT molecular complexity index is 1230. The summed E-state index contributed by atoms with van der Waals surface area (Å²) in [5.74, 6) is 14.5. The van der Waals surface area contributed by atoms with Gasteiger partial charge in [0.25, 0.3) is 0 Å². The lowest BCUT2D eigenvalue weighted by molar-refractivity contribution is -0.137. The summed E-state index contributed by atoms with van der Waals surface area (Å²) in [4.78, 5) is 13.3. The molecule has 0 saturated carbocycles. The second-order valence-corrected chi connectivity index (χ2v) is 11.2. The molecule has 0 amide bonds. The lowest BCUT2D eigenvalue weighted by Gasteiger charge is -2.11. The molecule has 5 heteroatoms. The van der Waals surface area contributed by atoms with E-state index in [-0.39, 0.29) is 5.97 Å². The second-order valence-electron chi connectivity index (χ2n) is 9.14. The highest BCUT2D eigenvalue weighted by molar-refractivity contribution is 7.21. The van der Waals surface area contributed by atoms with Crippen LogP contribution < -0.4 is 4.74 Å². The lowest BCUT2D eigenvalue weighted by Crippen LogP contribution is -2.02. The summed E-state index contributed by atoms with van der Waals surface area (Å²) in [6, 6.07) is 4.39. The fourth-order valence-electron chi connectivity index (χ4n) is 3.58. The first-order valence-electron chi connectivity index (χ1n) is 12.2. The average Bonchev–Trinajstić information content (AvgIpc) is 3.44. The van der Waals surface area contributed by atoms with Gasteiger partial charge in [-0.1, -0.05) is 58.0 Å². The third kappa shape index (κ3) is 7.38. The van der Waals surface area contributed by atoms with E-state index in [9.17, 15) is 4.79 Å². The van der Waals surface area contributed by atoms with E-state index in [4.69, 9.17) is 9.47 Å². The van der Waals surface area contributed by atoms with Crippen LogP contribution in [-0.2, 0) is 9.53 Å². The molecule has 0 radical (unpaired) electrons. The predicted molar refractivity (Wildman–Crippen MR) is 150 cm³/mol. The van der Waals surface area contributed by atoms with E-state index >= 15 is 0 Å². The largest absolute Gasteiger partial charge is 0.491 e. The van der Waals surface area contributed by atoms with Crippen LogP contribution in [0.2, 0.25) is 0 Å². The van der Waals surface area contributed by atoms with Gasteiger partial charge in [0.05, 0.1) is 27.7 Å². The van der Waals surface area contributed by atoms with Crippen molar-refractivity contribution in [3.05, 3.63) is 40.1 Å². The van der Waals surface area contributed by atoms with Crippen LogP contribution in [-0.4, -0.2) is 19.2 Å². The van der Waals surface area contributed by atoms with Crippen LogP contribution in [0.4, 0.5) is 0 Å². The molecule has 35 heavy (non-hydrogen) atoms. The Hall–Kier alpha value is -2.73. The highest BCUT2D eigenvalue weighted by Gasteiger charge is 2.18. The van der Waals surface area contributed by atoms with Gasteiger partial charge in [-0.2, -0.15) is 0 Å². The van der Waals surface area contributed by atoms with Crippen LogP contribution in [0.3, 0.4) is 0 Å². The smallest absolute Gasteiger partial charge is 0.330 e. The van der Waals surface area contributed by atoms with Crippen molar-refractivity contribution in [2.24, 2.45) is 11.8 Å². The quantitative estimate of drug-likeness (QED) is 0.127. The Kier molecular flexibility index (Phi) is 9.84. The molecule has 0 aliphatic heterocycles. The Labute approximate surface area is 217 Å². The molecule has 2 heterocycles. The molecular formula is C30H34O3S2. The molecule has 0 aliphatic rings. The normalized spacial score (nSPS) is 10.8. The van der Waals surface area contributed by atoms with Gasteiger partial charge in [-0.05, 0) is 50.3 Å². The molecule has 0 bridgehead atoms. The summed E-state index contributed by atoms with van der Waals surface area (Å²) in [7, 11) is 0. The zero-order chi connectivity index (χ0) is 25.4. The number of carbonyl (C=O) groups is 1. The number of hydrogen-bond acceptors (Lipinski definition) is 5. The highest BCUT2D eigenvalue weighted by Crippen LogP contribution is 2.45. The van der Waals surface area contributed by atoms with Gasteiger partial charge >= 0.3 is 5.97 Å². The molecule has 3 nitrogen and oxygen atoms in total. The van der Waals surface area contributed by atoms with Crippen LogP contribution in [0, 0.1) is 42.4 Å². The van der Waals surface area contributed by atoms with E-state index in [0.29, 0.717) is 25.0 Å². The number of unbranched alkanes of at least 4 members (excludes halogenated alkanes) is 3. The maximum absolute atomic E-state index is 11.1. The molecule has 3 aromatic rings. The van der Waals surface area contributed by atoms with Gasteiger partial charge in [-0.15, -0.1) is 22.7 Å². The first-order valence-corrected chi connectivity index (χ1v) is 13.9. The van der Waals surface area contributed by atoms with Gasteiger partial charge in [0, 0.05) is 33.4 Å². The highest BCUT2D eigenvalue weighted by atomic mass is 32.1. The Morgan fingerprint density at radius 1 is 0.914 bits per heavy atom. The SMILES string of the molecule is C=CC(=O)OCCCCCCOc1c2cc(C#CC(C)C)sc2c(C)c2cc(C#CC(C)C)sc12. The first kappa shape index (κ1) is 26.9. The Balaban J connectivity index is 1.83. The summed E-state index contributed by atoms with van der Waals surface area (Å²) in [5.41, 5.74) is 1.27. The number of ether oxygens (including phenoxy) is 2. The summed E-state index contributed by atoms with van der Waals surface area (Å²) in [5, 5.41) is 2.37. The second kappa shape index (κ2) is 12.8. The summed E-state index contributed by atoms with van der Waals surface area (Å²) in [6.45, 7) is 15.1. The first-order chi connectivity index (χ1) is 16.8. The number of hydrogen-bond donors (Lipinski definition) is 0. The molecular weight excluding hydrogens is 472 g/mol. The predicted octanol–water partition coefficient (Wildman–Crippen LogP) is 8.11. The van der Waals surface area contributed by atoms with Crippen molar-refractivity contribution in [1.29, 1.82) is 0 Å². The number of rotatable bonds is 9. The number of fused-ring (bicyclic) bond motifs is 2. The number of aryl methyl sites for hydroxylation is 1. The van der Waals surface area contributed by atoms with E-state index < -0.39 is 0 Å². The molecule has 2 aromatic heterocycles. The van der Waals surface area contributed by atoms with Gasteiger partial charge in [-0.3, -0.25) is 0 Å². The maximum Gasteiger partial charge on any atom is 0.330 e. The lowest BCUT2D eigenvalue weighted by atomic mass is 10.1. The van der Waals surface area contributed by atoms with E-state index in [2.05, 4.69) is 77.0 Å². The van der Waals surface area contributed by atoms with E-state index in [0.717, 1.165) is 46.6 Å². The van der Waals surface area contributed by atoms with Crippen LogP contribution in [0.15, 0.2) is 24.8 Å². The van der Waals surface area contributed by atoms with Crippen molar-refractivity contribution < 1.29 is 14.3 Å². The topological polar surface area (TPSA) is 35.5 Å². The maximum atomic E-state index is 11.1. The van der Waals surface area contributed by atoms with Gasteiger partial charge in [0.2, 0.25) is 0 Å². The molecule has 3 rings (SSSR count). The molecule has 0 saturated heterocycles. The number of thiophene rings is 2. The van der Waals surface area contributed by atoms with Crippen LogP contribution >= 0.6 is 22.7 Å². The number of carbonyl (C=O) groups excluding carboxylic acids is 1. The van der Waals surface area contributed by atoms with E-state index in [1.54, 1.807) is 22.7 Å². The third-order valence-corrected chi connectivity index (χ3v) is 7.54. The zero-order valence-electron chi connectivity index (χ0n) is 21.4. The van der Waals surface area contributed by atoms with Crippen LogP contribution in [0.25, 0.3) is 20.2 Å². The fourth-order valence-corrected chi connectivity index (χ4v) is 5.70. The summed E-state index contributed by atoms with van der Waals surface area (Å²) >= 11 is 3.46. The average molecular weight is 507 g/mol. The molecule has 0 atom stereocenters. The third-order valence-electron chi connectivity index (χ3n) is 5.32. The Morgan fingerprint density at radius 2 is 1.49 bits per heavy atom. The van der Waals surface area contributed by atoms with Gasteiger partial charge in [-0.25, -0.2) is 4.79 Å². The fraction of sp³-hybridized carbons (Fsp3) is 0.433. The van der Waals surface area contributed by atoms with Crippen LogP contribution in [0.5, 0.6) is 5.75 Å². The minimum Gasteiger partial charge on any atom is -0.491 e. The molecule has 0 fully saturated rings. The van der Waals surface area contributed by atoms with Crippen LogP contribution in [0.1, 0.15) is 68.7 Å². The molecule has 1 aromatic carbocycles. The van der Waals surface area contributed by atoms with Crippen molar-refractivity contribution >= 4 is 48.8 Å². The van der Waals surface area contributed by atoms with Crippen molar-refractivity contribution in [3.8, 4) is 29.4 Å². The molecule has 0 N–H and O–H groups in total.